The van der Waals surface area contributed by atoms with Gasteiger partial charge in [-0.1, -0.05) is 11.6 Å². The van der Waals surface area contributed by atoms with E-state index in [1.165, 1.54) is 0 Å². The largest absolute Gasteiger partial charge is 0.497 e. The smallest absolute Gasteiger partial charge is 0.255 e. The molecule has 1 amide bonds. The van der Waals surface area contributed by atoms with Crippen molar-refractivity contribution in [2.75, 3.05) is 27.4 Å². The highest BCUT2D eigenvalue weighted by molar-refractivity contribution is 6.33. The summed E-state index contributed by atoms with van der Waals surface area (Å²) in [7, 11) is 3.29. The number of ether oxygens (including phenoxy) is 2. The van der Waals surface area contributed by atoms with E-state index in [-0.39, 0.29) is 5.91 Å². The van der Waals surface area contributed by atoms with Crippen LogP contribution in [0.5, 0.6) is 5.75 Å². The highest BCUT2D eigenvalue weighted by Crippen LogP contribution is 2.26. The molecule has 0 bridgehead atoms. The van der Waals surface area contributed by atoms with Gasteiger partial charge >= 0.3 is 0 Å². The van der Waals surface area contributed by atoms with E-state index in [0.717, 1.165) is 18.7 Å². The Morgan fingerprint density at radius 1 is 1.28 bits per heavy atom. The van der Waals surface area contributed by atoms with Crippen molar-refractivity contribution in [2.24, 2.45) is 5.92 Å². The van der Waals surface area contributed by atoms with Crippen LogP contribution in [0.3, 0.4) is 0 Å². The molecule has 0 saturated heterocycles. The van der Waals surface area contributed by atoms with Crippen LogP contribution in [0.4, 0.5) is 0 Å². The van der Waals surface area contributed by atoms with Gasteiger partial charge in [0, 0.05) is 38.7 Å². The Balaban J connectivity index is 1.88. The molecule has 1 aliphatic heterocycles. The fourth-order valence-corrected chi connectivity index (χ4v) is 3.46. The zero-order valence-electron chi connectivity index (χ0n) is 14.6. The number of fused-ring (bicyclic) bond motifs is 1. The highest BCUT2D eigenvalue weighted by Gasteiger charge is 2.26. The maximum absolute atomic E-state index is 13.1. The number of hydrogen-bond acceptors (Lipinski definition) is 3. The number of halogens is 1. The van der Waals surface area contributed by atoms with Gasteiger partial charge in [0.05, 0.1) is 24.2 Å². The van der Waals surface area contributed by atoms with Gasteiger partial charge in [0.25, 0.3) is 5.91 Å². The van der Waals surface area contributed by atoms with E-state index in [9.17, 15) is 4.79 Å². The van der Waals surface area contributed by atoms with Crippen LogP contribution < -0.4 is 4.74 Å². The summed E-state index contributed by atoms with van der Waals surface area (Å²) in [5.74, 6) is 0.893. The minimum absolute atomic E-state index is 0.0685. The van der Waals surface area contributed by atoms with E-state index in [0.29, 0.717) is 41.9 Å². The van der Waals surface area contributed by atoms with Crippen LogP contribution in [-0.4, -0.2) is 42.7 Å². The van der Waals surface area contributed by atoms with Gasteiger partial charge in [0.1, 0.15) is 5.75 Å². The summed E-state index contributed by atoms with van der Waals surface area (Å²) in [4.78, 5) is 15.0. The summed E-state index contributed by atoms with van der Waals surface area (Å²) in [6, 6.07) is 9.25. The first-order chi connectivity index (χ1) is 12.1. The third kappa shape index (κ3) is 3.99. The number of methoxy groups -OCH3 is 2. The molecule has 0 saturated carbocycles. The number of amides is 1. The fraction of sp³-hybridized carbons (Fsp3) is 0.421. The van der Waals surface area contributed by atoms with Gasteiger partial charge in [-0.3, -0.25) is 4.79 Å². The molecule has 0 N–H and O–H groups in total. The molecule has 1 aromatic carbocycles. The van der Waals surface area contributed by atoms with E-state index in [4.69, 9.17) is 21.1 Å². The van der Waals surface area contributed by atoms with Crippen molar-refractivity contribution in [3.05, 3.63) is 52.8 Å². The summed E-state index contributed by atoms with van der Waals surface area (Å²) < 4.78 is 12.7. The predicted octanol–water partition coefficient (Wildman–Crippen LogP) is 3.46. The van der Waals surface area contributed by atoms with Crippen LogP contribution in [0, 0.1) is 5.92 Å². The van der Waals surface area contributed by atoms with Gasteiger partial charge in [-0.15, -0.1) is 0 Å². The lowest BCUT2D eigenvalue weighted by molar-refractivity contribution is 0.0705. The molecule has 0 spiro atoms. The Morgan fingerprint density at radius 3 is 2.88 bits per heavy atom. The highest BCUT2D eigenvalue weighted by atomic mass is 35.5. The monoisotopic (exact) mass is 362 g/mol. The number of rotatable bonds is 5. The topological polar surface area (TPSA) is 43.7 Å². The fourth-order valence-electron chi connectivity index (χ4n) is 3.27. The molecule has 3 rings (SSSR count). The summed E-state index contributed by atoms with van der Waals surface area (Å²) in [5.41, 5.74) is 1.61. The second kappa shape index (κ2) is 7.93. The SMILES string of the molecule is COCC[C@H]1CN(C(=O)c2cc(OC)ccc2Cl)Cc2cccn2C1. The molecule has 134 valence electrons. The molecule has 0 radical (unpaired) electrons. The molecule has 0 aliphatic carbocycles. The number of hydrogen-bond donors (Lipinski definition) is 0. The van der Waals surface area contributed by atoms with Crippen molar-refractivity contribution in [3.8, 4) is 5.75 Å². The average Bonchev–Trinajstić information content (AvgIpc) is 2.97. The quantitative estimate of drug-likeness (QED) is 0.818. The third-order valence-corrected chi connectivity index (χ3v) is 4.96. The molecule has 1 aromatic heterocycles. The zero-order chi connectivity index (χ0) is 17.8. The van der Waals surface area contributed by atoms with E-state index < -0.39 is 0 Å². The third-order valence-electron chi connectivity index (χ3n) is 4.63. The molecule has 25 heavy (non-hydrogen) atoms. The number of carbonyl (C=O) groups is 1. The standard InChI is InChI=1S/C19H23ClN2O3/c1-24-9-7-14-11-21-8-3-4-15(21)13-22(12-14)19(23)17-10-16(25-2)5-6-18(17)20/h3-6,8,10,14H,7,9,11-13H2,1-2H3/t14-/m1/s1. The predicted molar refractivity (Wildman–Crippen MR) is 97.2 cm³/mol. The number of benzene rings is 1. The zero-order valence-corrected chi connectivity index (χ0v) is 15.3. The van der Waals surface area contributed by atoms with Crippen molar-refractivity contribution < 1.29 is 14.3 Å². The van der Waals surface area contributed by atoms with Crippen molar-refractivity contribution in [1.29, 1.82) is 0 Å². The second-order valence-electron chi connectivity index (χ2n) is 6.33. The van der Waals surface area contributed by atoms with Crippen LogP contribution in [-0.2, 0) is 17.8 Å². The van der Waals surface area contributed by atoms with E-state index in [1.807, 2.05) is 11.0 Å². The first kappa shape index (κ1) is 17.8. The summed E-state index contributed by atoms with van der Waals surface area (Å²) in [6.07, 6.45) is 2.98. The molecule has 1 aliphatic rings. The second-order valence-corrected chi connectivity index (χ2v) is 6.74. The molecule has 5 nitrogen and oxygen atoms in total. The van der Waals surface area contributed by atoms with Crippen molar-refractivity contribution in [2.45, 2.75) is 19.5 Å². The van der Waals surface area contributed by atoms with Gasteiger partial charge in [-0.05, 0) is 42.7 Å². The van der Waals surface area contributed by atoms with E-state index in [1.54, 1.807) is 32.4 Å². The Hall–Kier alpha value is -1.98. The Labute approximate surface area is 153 Å². The molecule has 2 heterocycles. The summed E-state index contributed by atoms with van der Waals surface area (Å²) in [6.45, 7) is 2.82. The molecular weight excluding hydrogens is 340 g/mol. The van der Waals surface area contributed by atoms with Gasteiger partial charge in [-0.25, -0.2) is 0 Å². The van der Waals surface area contributed by atoms with Crippen LogP contribution >= 0.6 is 11.6 Å². The molecular formula is C19H23ClN2O3. The molecule has 6 heteroatoms. The van der Waals surface area contributed by atoms with Gasteiger partial charge in [0.15, 0.2) is 0 Å². The first-order valence-corrected chi connectivity index (χ1v) is 8.76. The minimum atomic E-state index is -0.0685. The van der Waals surface area contributed by atoms with Crippen LogP contribution in [0.15, 0.2) is 36.5 Å². The van der Waals surface area contributed by atoms with Gasteiger partial charge in [-0.2, -0.15) is 0 Å². The summed E-state index contributed by atoms with van der Waals surface area (Å²) in [5, 5.41) is 0.443. The Morgan fingerprint density at radius 2 is 2.12 bits per heavy atom. The first-order valence-electron chi connectivity index (χ1n) is 8.38. The lowest BCUT2D eigenvalue weighted by Gasteiger charge is -2.25. The van der Waals surface area contributed by atoms with Crippen LogP contribution in [0.1, 0.15) is 22.5 Å². The maximum atomic E-state index is 13.1. The van der Waals surface area contributed by atoms with Crippen molar-refractivity contribution >= 4 is 17.5 Å². The van der Waals surface area contributed by atoms with E-state index >= 15 is 0 Å². The molecule has 1 atom stereocenters. The number of nitrogens with zero attached hydrogens (tertiary/aromatic N) is 2. The van der Waals surface area contributed by atoms with Gasteiger partial charge in [0.2, 0.25) is 0 Å². The number of carbonyl (C=O) groups excluding carboxylic acids is 1. The minimum Gasteiger partial charge on any atom is -0.497 e. The molecule has 0 unspecified atom stereocenters. The van der Waals surface area contributed by atoms with Crippen LogP contribution in [0.2, 0.25) is 5.02 Å². The molecule has 2 aromatic rings. The van der Waals surface area contributed by atoms with E-state index in [2.05, 4.69) is 16.8 Å². The lowest BCUT2D eigenvalue weighted by Crippen LogP contribution is -2.34. The van der Waals surface area contributed by atoms with Crippen LogP contribution in [0.25, 0.3) is 0 Å². The average molecular weight is 363 g/mol. The van der Waals surface area contributed by atoms with Crippen molar-refractivity contribution in [1.82, 2.24) is 9.47 Å². The van der Waals surface area contributed by atoms with Crippen molar-refractivity contribution in [3.63, 3.8) is 0 Å². The lowest BCUT2D eigenvalue weighted by atomic mass is 10.0. The normalized spacial score (nSPS) is 17.1. The Bertz CT molecular complexity index is 744. The number of aromatic nitrogens is 1. The van der Waals surface area contributed by atoms with Gasteiger partial charge < -0.3 is 18.9 Å². The molecule has 0 fully saturated rings. The summed E-state index contributed by atoms with van der Waals surface area (Å²) >= 11 is 6.28. The Kier molecular flexibility index (Phi) is 5.66. The maximum Gasteiger partial charge on any atom is 0.255 e.